The minimum atomic E-state index is -4.36. The van der Waals surface area contributed by atoms with E-state index in [0.717, 1.165) is 24.6 Å². The third kappa shape index (κ3) is 5.25. The quantitative estimate of drug-likeness (QED) is 0.466. The molecule has 0 radical (unpaired) electrons. The smallest absolute Gasteiger partial charge is 0.302 e. The van der Waals surface area contributed by atoms with Gasteiger partial charge in [0.2, 0.25) is 0 Å². The Morgan fingerprint density at radius 3 is 2.42 bits per heavy atom. The summed E-state index contributed by atoms with van der Waals surface area (Å²) in [5.74, 6) is -0.331. The third-order valence-electron chi connectivity index (χ3n) is 7.41. The molecule has 1 aromatic heterocycles. The molecule has 2 aromatic carbocycles. The van der Waals surface area contributed by atoms with Crippen LogP contribution in [-0.2, 0) is 18.1 Å². The molecule has 1 aliphatic carbocycles. The Morgan fingerprint density at radius 2 is 1.74 bits per heavy atom. The van der Waals surface area contributed by atoms with Gasteiger partial charge in [-0.3, -0.25) is 14.2 Å². The molecule has 1 saturated carbocycles. The number of halogens is 3. The van der Waals surface area contributed by atoms with Crippen LogP contribution in [0.4, 0.5) is 13.2 Å². The number of benzene rings is 2. The highest BCUT2D eigenvalue weighted by atomic mass is 19.4. The molecule has 2 atom stereocenters. The van der Waals surface area contributed by atoms with Crippen LogP contribution in [0, 0.1) is 12.8 Å². The zero-order valence-electron chi connectivity index (χ0n) is 21.8. The summed E-state index contributed by atoms with van der Waals surface area (Å²) in [7, 11) is 0. The van der Waals surface area contributed by atoms with Crippen LogP contribution in [-0.4, -0.2) is 39.6 Å². The van der Waals surface area contributed by atoms with E-state index >= 15 is 0 Å². The number of carbonyl (C=O) groups is 1. The van der Waals surface area contributed by atoms with Crippen molar-refractivity contribution in [1.29, 1.82) is 0 Å². The fourth-order valence-electron chi connectivity index (χ4n) is 5.46. The van der Waals surface area contributed by atoms with Gasteiger partial charge in [0.25, 0.3) is 11.5 Å². The molecule has 0 unspecified atom stereocenters. The number of fused-ring (bicyclic) bond motifs is 1. The Bertz CT molecular complexity index is 1430. The summed E-state index contributed by atoms with van der Waals surface area (Å²) in [6.07, 6.45) is -1.40. The van der Waals surface area contributed by atoms with Gasteiger partial charge in [-0.25, -0.2) is 4.79 Å². The fourth-order valence-corrected chi connectivity index (χ4v) is 5.46. The third-order valence-corrected chi connectivity index (χ3v) is 7.41. The Labute approximate surface area is 219 Å². The zero-order chi connectivity index (χ0) is 27.7. The van der Waals surface area contributed by atoms with E-state index in [1.165, 1.54) is 22.9 Å². The monoisotopic (exact) mass is 527 g/mol. The lowest BCUT2D eigenvalue weighted by molar-refractivity contribution is -0.137. The Morgan fingerprint density at radius 1 is 1.03 bits per heavy atom. The molecule has 0 bridgehead atoms. The first-order chi connectivity index (χ1) is 18.1. The van der Waals surface area contributed by atoms with Crippen LogP contribution in [0.3, 0.4) is 0 Å². The van der Waals surface area contributed by atoms with Crippen molar-refractivity contribution < 1.29 is 18.0 Å². The average molecular weight is 528 g/mol. The lowest BCUT2D eigenvalue weighted by Crippen LogP contribution is -2.44. The van der Waals surface area contributed by atoms with Gasteiger partial charge >= 0.3 is 11.9 Å². The van der Waals surface area contributed by atoms with Gasteiger partial charge in [-0.05, 0) is 56.0 Å². The van der Waals surface area contributed by atoms with Crippen molar-refractivity contribution in [1.82, 2.24) is 14.0 Å². The molecule has 0 N–H and O–H groups in total. The van der Waals surface area contributed by atoms with Crippen molar-refractivity contribution in [3.05, 3.63) is 104 Å². The van der Waals surface area contributed by atoms with Gasteiger partial charge in [-0.2, -0.15) is 17.7 Å². The Kier molecular flexibility index (Phi) is 7.78. The molecule has 0 amide bonds. The zero-order valence-corrected chi connectivity index (χ0v) is 21.8. The van der Waals surface area contributed by atoms with Gasteiger partial charge in [-0.15, -0.1) is 0 Å². The van der Waals surface area contributed by atoms with E-state index in [2.05, 4.69) is 4.90 Å². The largest absolute Gasteiger partial charge is 0.416 e. The van der Waals surface area contributed by atoms with Gasteiger partial charge < -0.3 is 4.90 Å². The van der Waals surface area contributed by atoms with Gasteiger partial charge in [-0.1, -0.05) is 50.2 Å². The summed E-state index contributed by atoms with van der Waals surface area (Å²) in [5.41, 5.74) is -0.868. The Hall–Kier alpha value is -3.46. The average Bonchev–Trinajstić information content (AvgIpc) is 3.49. The van der Waals surface area contributed by atoms with Crippen LogP contribution < -0.4 is 11.2 Å². The van der Waals surface area contributed by atoms with Crippen molar-refractivity contribution in [2.24, 2.45) is 5.92 Å². The molecule has 0 spiro atoms. The number of piperidine rings is 1. The number of nitrogens with zero attached hydrogens (tertiary/aromatic N) is 3. The molecule has 5 rings (SSSR count). The second-order valence-corrected chi connectivity index (χ2v) is 9.82. The molecule has 1 aliphatic heterocycles. The van der Waals surface area contributed by atoms with Gasteiger partial charge in [0, 0.05) is 42.4 Å². The van der Waals surface area contributed by atoms with E-state index in [0.29, 0.717) is 42.1 Å². The van der Waals surface area contributed by atoms with Crippen molar-refractivity contribution in [3.8, 4) is 0 Å². The summed E-state index contributed by atoms with van der Waals surface area (Å²) in [6, 6.07) is 13.8. The van der Waals surface area contributed by atoms with Crippen LogP contribution in [0.25, 0.3) is 0 Å². The normalized spacial score (nSPS) is 20.4. The van der Waals surface area contributed by atoms with E-state index in [1.54, 1.807) is 43.3 Å². The number of hydrogen-bond acceptors (Lipinski definition) is 4. The first-order valence-electron chi connectivity index (χ1n) is 12.9. The van der Waals surface area contributed by atoms with Crippen molar-refractivity contribution in [2.75, 3.05) is 19.6 Å². The number of aryl methyl sites for hydroxylation is 2. The van der Waals surface area contributed by atoms with Crippen molar-refractivity contribution in [2.45, 2.75) is 51.7 Å². The van der Waals surface area contributed by atoms with Gasteiger partial charge in [0.1, 0.15) is 0 Å². The molecule has 3 aromatic rings. The molecular formula is C29H32F3N3O3. The summed E-state index contributed by atoms with van der Waals surface area (Å²) < 4.78 is 41.6. The standard InChI is InChI=1S/C27H26F3N3O3.C2H6/c1-18-15-32(25(36)33(23(18)34)24(35)19-7-3-2-4-8-19)12-6-11-31-16-22-14-26(22,17-31)20-9-5-10-21(13-20)27(28,29)30;1-2/h2-5,7-10,13,15,22H,6,11-12,14,16-17H2,1H3;1-2H3/t22-,26+;/m1./s1. The van der Waals surface area contributed by atoms with Gasteiger partial charge in [0.05, 0.1) is 5.56 Å². The lowest BCUT2D eigenvalue weighted by atomic mass is 9.93. The molecule has 2 heterocycles. The van der Waals surface area contributed by atoms with Crippen LogP contribution in [0.1, 0.15) is 53.7 Å². The number of rotatable bonds is 6. The molecule has 202 valence electrons. The molecular weight excluding hydrogens is 495 g/mol. The predicted molar refractivity (Wildman–Crippen MR) is 140 cm³/mol. The SMILES string of the molecule is CC.Cc1cn(CCCN2C[C@H]3C[C@@]3(c3cccc(C(F)(F)F)c3)C2)c(=O)n(C(=O)c2ccccc2)c1=O. The minimum Gasteiger partial charge on any atom is -0.302 e. The molecule has 1 saturated heterocycles. The highest BCUT2D eigenvalue weighted by Gasteiger charge is 2.60. The second-order valence-electron chi connectivity index (χ2n) is 9.82. The molecule has 2 aliphatic rings. The number of aromatic nitrogens is 2. The van der Waals surface area contributed by atoms with Crippen LogP contribution in [0.15, 0.2) is 70.4 Å². The molecule has 38 heavy (non-hydrogen) atoms. The lowest BCUT2D eigenvalue weighted by Gasteiger charge is -2.22. The van der Waals surface area contributed by atoms with E-state index < -0.39 is 28.9 Å². The second kappa shape index (κ2) is 10.7. The van der Waals surface area contributed by atoms with E-state index in [4.69, 9.17) is 0 Å². The molecule has 9 heteroatoms. The summed E-state index contributed by atoms with van der Waals surface area (Å²) >= 11 is 0. The topological polar surface area (TPSA) is 64.3 Å². The maximum absolute atomic E-state index is 13.2. The summed E-state index contributed by atoms with van der Waals surface area (Å²) in [5, 5.41) is 0. The van der Waals surface area contributed by atoms with Crippen LogP contribution in [0.2, 0.25) is 0 Å². The number of carbonyl (C=O) groups excluding carboxylic acids is 1. The Balaban J connectivity index is 0.00000164. The highest BCUT2D eigenvalue weighted by molar-refractivity contribution is 5.95. The molecule has 2 fully saturated rings. The number of likely N-dealkylation sites (tertiary alicyclic amines) is 1. The van der Waals surface area contributed by atoms with Gasteiger partial charge in [0.15, 0.2) is 0 Å². The first-order valence-corrected chi connectivity index (χ1v) is 12.9. The summed E-state index contributed by atoms with van der Waals surface area (Å²) in [6.45, 7) is 8.03. The van der Waals surface area contributed by atoms with Crippen molar-refractivity contribution >= 4 is 5.91 Å². The predicted octanol–water partition coefficient (Wildman–Crippen LogP) is 4.72. The van der Waals surface area contributed by atoms with E-state index in [9.17, 15) is 27.6 Å². The van der Waals surface area contributed by atoms with Crippen LogP contribution in [0.5, 0.6) is 0 Å². The van der Waals surface area contributed by atoms with Crippen molar-refractivity contribution in [3.63, 3.8) is 0 Å². The highest BCUT2D eigenvalue weighted by Crippen LogP contribution is 2.59. The molecule has 6 nitrogen and oxygen atoms in total. The maximum atomic E-state index is 13.2. The fraction of sp³-hybridized carbons (Fsp3) is 0.414. The van der Waals surface area contributed by atoms with E-state index in [-0.39, 0.29) is 11.0 Å². The first kappa shape index (κ1) is 27.6. The van der Waals surface area contributed by atoms with E-state index in [1.807, 2.05) is 13.8 Å². The number of alkyl halides is 3. The number of hydrogen-bond donors (Lipinski definition) is 0. The summed E-state index contributed by atoms with van der Waals surface area (Å²) in [4.78, 5) is 40.6. The van der Waals surface area contributed by atoms with Crippen LogP contribution >= 0.6 is 0 Å². The minimum absolute atomic E-state index is 0.232. The maximum Gasteiger partial charge on any atom is 0.416 e.